The topological polar surface area (TPSA) is 62.7 Å². The van der Waals surface area contributed by atoms with Crippen molar-refractivity contribution in [2.45, 2.75) is 31.8 Å². The van der Waals surface area contributed by atoms with Crippen LogP contribution >= 0.6 is 0 Å². The minimum Gasteiger partial charge on any atom is -0.380 e. The summed E-state index contributed by atoms with van der Waals surface area (Å²) in [7, 11) is 1.67. The maximum absolute atomic E-state index is 12.3. The van der Waals surface area contributed by atoms with Crippen LogP contribution in [0.5, 0.6) is 0 Å². The Morgan fingerprint density at radius 3 is 3.06 bits per heavy atom. The molecule has 3 aliphatic carbocycles. The van der Waals surface area contributed by atoms with E-state index in [1.165, 1.54) is 0 Å². The van der Waals surface area contributed by atoms with Crippen LogP contribution < -0.4 is 0 Å². The Balaban J connectivity index is 2.07. The molecule has 0 N–H and O–H groups in total. The smallest absolute Gasteiger partial charge is 0.323 e. The van der Waals surface area contributed by atoms with Crippen molar-refractivity contribution in [1.29, 1.82) is 0 Å². The van der Waals surface area contributed by atoms with Gasteiger partial charge in [-0.25, -0.2) is 0 Å². The number of ether oxygens (including phenoxy) is 1. The molecule has 2 fully saturated rings. The fourth-order valence-electron chi connectivity index (χ4n) is 4.57. The van der Waals surface area contributed by atoms with E-state index < -0.39 is 5.41 Å². The highest BCUT2D eigenvalue weighted by molar-refractivity contribution is 6.30. The SMILES string of the molecule is CO[C@H]1CC[C@@]23CCC=C[C@@H]2[C@@]13C(=O)C=[N+]=[N-]. The summed E-state index contributed by atoms with van der Waals surface area (Å²) in [5.74, 6) is 0.217. The van der Waals surface area contributed by atoms with Gasteiger partial charge in [0, 0.05) is 7.11 Å². The predicted molar refractivity (Wildman–Crippen MR) is 61.5 cm³/mol. The maximum atomic E-state index is 12.3. The summed E-state index contributed by atoms with van der Waals surface area (Å²) >= 11 is 0. The van der Waals surface area contributed by atoms with Crippen molar-refractivity contribution in [2.24, 2.45) is 16.7 Å². The number of rotatable bonds is 3. The average molecular weight is 232 g/mol. The minimum absolute atomic E-state index is 0.0271. The highest BCUT2D eigenvalue weighted by Gasteiger charge is 2.84. The van der Waals surface area contributed by atoms with E-state index in [1.54, 1.807) is 7.11 Å². The van der Waals surface area contributed by atoms with Gasteiger partial charge in [0.05, 0.1) is 11.5 Å². The van der Waals surface area contributed by atoms with Crippen LogP contribution in [-0.2, 0) is 9.53 Å². The number of carbonyl (C=O) groups is 1. The maximum Gasteiger partial charge on any atom is 0.323 e. The molecule has 90 valence electrons. The van der Waals surface area contributed by atoms with E-state index in [-0.39, 0.29) is 23.2 Å². The molecule has 0 unspecified atom stereocenters. The Bertz CT molecular complexity index is 452. The Labute approximate surface area is 100 Å². The van der Waals surface area contributed by atoms with Crippen LogP contribution in [0.4, 0.5) is 0 Å². The van der Waals surface area contributed by atoms with E-state index in [0.717, 1.165) is 31.9 Å². The van der Waals surface area contributed by atoms with Gasteiger partial charge in [-0.1, -0.05) is 12.2 Å². The quantitative estimate of drug-likeness (QED) is 0.321. The van der Waals surface area contributed by atoms with Crippen molar-refractivity contribution in [3.63, 3.8) is 0 Å². The molecule has 0 aromatic heterocycles. The van der Waals surface area contributed by atoms with Gasteiger partial charge in [0.15, 0.2) is 0 Å². The Morgan fingerprint density at radius 2 is 2.41 bits per heavy atom. The number of hydrogen-bond donors (Lipinski definition) is 0. The normalized spacial score (nSPS) is 45.7. The van der Waals surface area contributed by atoms with Gasteiger partial charge in [-0.05, 0) is 37.0 Å². The molecular formula is C13H16N2O2. The van der Waals surface area contributed by atoms with E-state index in [9.17, 15) is 4.79 Å². The second-order valence-electron chi connectivity index (χ2n) is 5.34. The third kappa shape index (κ3) is 1.01. The Hall–Kier alpha value is -1.25. The summed E-state index contributed by atoms with van der Waals surface area (Å²) in [6, 6.07) is 0. The Kier molecular flexibility index (Phi) is 2.16. The van der Waals surface area contributed by atoms with Crippen LogP contribution in [0.3, 0.4) is 0 Å². The first-order valence-electron chi connectivity index (χ1n) is 6.15. The fourth-order valence-corrected chi connectivity index (χ4v) is 4.57. The van der Waals surface area contributed by atoms with E-state index in [1.807, 2.05) is 0 Å². The van der Waals surface area contributed by atoms with Crippen LogP contribution in [-0.4, -0.2) is 30.0 Å². The highest BCUT2D eigenvalue weighted by Crippen LogP contribution is 2.81. The molecular weight excluding hydrogens is 216 g/mol. The van der Waals surface area contributed by atoms with Gasteiger partial charge >= 0.3 is 6.21 Å². The van der Waals surface area contributed by atoms with Crippen molar-refractivity contribution < 1.29 is 14.3 Å². The number of ketones is 1. The standard InChI is InChI=1S/C13H16N2O2/c1-17-11-5-7-12-6-3-2-4-9(12)13(11,12)10(16)8-15-14/h2,4,8-9,11H,3,5-7H2,1H3/t9-,11-,12-,13+/m0/s1. The molecule has 0 amide bonds. The van der Waals surface area contributed by atoms with E-state index in [0.29, 0.717) is 0 Å². The van der Waals surface area contributed by atoms with Crippen molar-refractivity contribution >= 4 is 12.0 Å². The molecule has 4 atom stereocenters. The second-order valence-corrected chi connectivity index (χ2v) is 5.34. The number of Topliss-reactive ketones (excluding diaryl/α,β-unsaturated/α-hetero) is 1. The van der Waals surface area contributed by atoms with Gasteiger partial charge in [-0.3, -0.25) is 4.79 Å². The third-order valence-corrected chi connectivity index (χ3v) is 5.14. The van der Waals surface area contributed by atoms with Crippen molar-refractivity contribution in [1.82, 2.24) is 0 Å². The van der Waals surface area contributed by atoms with Gasteiger partial charge < -0.3 is 10.3 Å². The third-order valence-electron chi connectivity index (χ3n) is 5.14. The lowest BCUT2D eigenvalue weighted by atomic mass is 9.87. The first kappa shape index (κ1) is 10.9. The van der Waals surface area contributed by atoms with Crippen molar-refractivity contribution in [2.75, 3.05) is 7.11 Å². The van der Waals surface area contributed by atoms with E-state index >= 15 is 0 Å². The van der Waals surface area contributed by atoms with Crippen LogP contribution in [0.15, 0.2) is 12.2 Å². The number of nitrogens with zero attached hydrogens (tertiary/aromatic N) is 2. The lowest BCUT2D eigenvalue weighted by Gasteiger charge is -2.19. The Morgan fingerprint density at radius 1 is 1.59 bits per heavy atom. The molecule has 4 nitrogen and oxygen atoms in total. The zero-order valence-electron chi connectivity index (χ0n) is 9.93. The number of fused-ring (bicyclic) bond motifs is 1. The lowest BCUT2D eigenvalue weighted by molar-refractivity contribution is -0.126. The minimum atomic E-state index is -0.443. The molecule has 0 aliphatic heterocycles. The molecule has 0 saturated heterocycles. The predicted octanol–water partition coefficient (Wildman–Crippen LogP) is 1.62. The van der Waals surface area contributed by atoms with E-state index in [2.05, 4.69) is 16.9 Å². The number of hydrogen-bond acceptors (Lipinski definition) is 2. The summed E-state index contributed by atoms with van der Waals surface area (Å²) in [5.41, 5.74) is 8.25. The zero-order valence-corrected chi connectivity index (χ0v) is 9.93. The van der Waals surface area contributed by atoms with Crippen LogP contribution in [0.2, 0.25) is 0 Å². The van der Waals surface area contributed by atoms with Crippen LogP contribution in [0.1, 0.15) is 25.7 Å². The molecule has 0 bridgehead atoms. The summed E-state index contributed by atoms with van der Waals surface area (Å²) in [4.78, 5) is 15.2. The fraction of sp³-hybridized carbons (Fsp3) is 0.692. The van der Waals surface area contributed by atoms with Gasteiger partial charge in [-0.15, -0.1) is 0 Å². The molecule has 0 aromatic carbocycles. The second kappa shape index (κ2) is 3.37. The molecule has 0 heterocycles. The zero-order chi connectivity index (χ0) is 12.1. The summed E-state index contributed by atoms with van der Waals surface area (Å²) in [5, 5.41) is 0. The molecule has 2 saturated carbocycles. The molecule has 3 rings (SSSR count). The summed E-state index contributed by atoms with van der Waals surface area (Å²) in [6.07, 6.45) is 9.43. The molecule has 4 heteroatoms. The summed E-state index contributed by atoms with van der Waals surface area (Å²) in [6.45, 7) is 0. The number of carbonyl (C=O) groups excluding carboxylic acids is 1. The largest absolute Gasteiger partial charge is 0.380 e. The number of allylic oxidation sites excluding steroid dienone is 2. The van der Waals surface area contributed by atoms with Gasteiger partial charge in [0.25, 0.3) is 0 Å². The molecule has 0 aromatic rings. The van der Waals surface area contributed by atoms with Crippen LogP contribution in [0.25, 0.3) is 5.53 Å². The lowest BCUT2D eigenvalue weighted by Crippen LogP contribution is -2.33. The van der Waals surface area contributed by atoms with Gasteiger partial charge in [-0.2, -0.15) is 4.79 Å². The van der Waals surface area contributed by atoms with Crippen molar-refractivity contribution in [3.05, 3.63) is 17.7 Å². The average Bonchev–Trinajstić information content (AvgIpc) is 2.83. The molecule has 17 heavy (non-hydrogen) atoms. The number of methoxy groups -OCH3 is 1. The highest BCUT2D eigenvalue weighted by atomic mass is 16.5. The first-order valence-corrected chi connectivity index (χ1v) is 6.15. The monoisotopic (exact) mass is 232 g/mol. The molecule has 1 spiro atoms. The van der Waals surface area contributed by atoms with Crippen molar-refractivity contribution in [3.8, 4) is 0 Å². The van der Waals surface area contributed by atoms with Gasteiger partial charge in [0.2, 0.25) is 5.78 Å². The molecule has 3 aliphatic rings. The van der Waals surface area contributed by atoms with Crippen LogP contribution in [0, 0.1) is 16.7 Å². The van der Waals surface area contributed by atoms with E-state index in [4.69, 9.17) is 10.3 Å². The summed E-state index contributed by atoms with van der Waals surface area (Å²) < 4.78 is 5.52. The first-order chi connectivity index (χ1) is 8.24. The molecule has 0 radical (unpaired) electrons. The van der Waals surface area contributed by atoms with Gasteiger partial charge in [0.1, 0.15) is 0 Å².